The zero-order valence-electron chi connectivity index (χ0n) is 11.6. The molecular weight excluding hydrogens is 258 g/mol. The number of aromatic amines is 1. The first-order valence-corrected chi connectivity index (χ1v) is 6.70. The largest absolute Gasteiger partial charge is 0.334 e. The molecule has 2 aromatic heterocycles. The van der Waals surface area contributed by atoms with Crippen molar-refractivity contribution in [3.05, 3.63) is 27.4 Å². The molecule has 2 heterocycles. The van der Waals surface area contributed by atoms with Gasteiger partial charge in [-0.25, -0.2) is 5.10 Å². The molecule has 0 aromatic carbocycles. The van der Waals surface area contributed by atoms with E-state index >= 15 is 0 Å². The van der Waals surface area contributed by atoms with Crippen LogP contribution in [0, 0.1) is 13.8 Å². The molecule has 7 nitrogen and oxygen atoms in total. The summed E-state index contributed by atoms with van der Waals surface area (Å²) in [6, 6.07) is 0. The number of nitrogens with two attached hydrogens (primary N) is 1. The van der Waals surface area contributed by atoms with Gasteiger partial charge in [-0.15, -0.1) is 0 Å². The van der Waals surface area contributed by atoms with Crippen molar-refractivity contribution in [2.24, 2.45) is 5.73 Å². The molecule has 0 spiro atoms. The molecule has 1 fully saturated rings. The molecule has 1 aliphatic carbocycles. The van der Waals surface area contributed by atoms with Crippen LogP contribution in [-0.4, -0.2) is 20.3 Å². The van der Waals surface area contributed by atoms with Crippen LogP contribution in [0.25, 0.3) is 11.5 Å². The predicted molar refractivity (Wildman–Crippen MR) is 72.0 cm³/mol. The Labute approximate surface area is 115 Å². The van der Waals surface area contributed by atoms with Crippen LogP contribution < -0.4 is 11.3 Å². The van der Waals surface area contributed by atoms with Gasteiger partial charge in [-0.3, -0.25) is 4.79 Å². The molecule has 0 saturated heterocycles. The molecule has 2 aromatic rings. The minimum Gasteiger partial charge on any atom is -0.334 e. The summed E-state index contributed by atoms with van der Waals surface area (Å²) in [5, 5.41) is 10.3. The Balaban J connectivity index is 2.07. The number of H-pyrrole nitrogens is 1. The number of aryl methyl sites for hydroxylation is 1. The maximum Gasteiger partial charge on any atom is 0.277 e. The Morgan fingerprint density at radius 1 is 1.30 bits per heavy atom. The van der Waals surface area contributed by atoms with Crippen LogP contribution in [0.4, 0.5) is 0 Å². The molecule has 1 aliphatic rings. The summed E-state index contributed by atoms with van der Waals surface area (Å²) in [6.07, 6.45) is 3.82. The standard InChI is InChI=1S/C13H17N5O2/c1-7-8(2)16-17-10(19)9(7)11-15-12(18-20-11)13(14)5-3-4-6-13/h3-6,14H2,1-2H3,(H,17,19). The van der Waals surface area contributed by atoms with E-state index in [0.717, 1.165) is 36.9 Å². The fourth-order valence-corrected chi connectivity index (χ4v) is 2.64. The number of nitrogens with one attached hydrogen (secondary N) is 1. The number of aromatic nitrogens is 4. The quantitative estimate of drug-likeness (QED) is 0.851. The van der Waals surface area contributed by atoms with Gasteiger partial charge >= 0.3 is 0 Å². The molecule has 0 radical (unpaired) electrons. The third-order valence-corrected chi connectivity index (χ3v) is 4.05. The average molecular weight is 275 g/mol. The topological polar surface area (TPSA) is 111 Å². The fourth-order valence-electron chi connectivity index (χ4n) is 2.64. The third kappa shape index (κ3) is 1.94. The minimum absolute atomic E-state index is 0.209. The summed E-state index contributed by atoms with van der Waals surface area (Å²) in [6.45, 7) is 3.62. The highest BCUT2D eigenvalue weighted by molar-refractivity contribution is 5.57. The molecule has 7 heteroatoms. The van der Waals surface area contributed by atoms with Crippen LogP contribution in [0.1, 0.15) is 42.8 Å². The Morgan fingerprint density at radius 2 is 2.00 bits per heavy atom. The first-order chi connectivity index (χ1) is 9.51. The molecule has 0 aliphatic heterocycles. The van der Waals surface area contributed by atoms with Crippen LogP contribution in [-0.2, 0) is 5.54 Å². The molecule has 0 bridgehead atoms. The van der Waals surface area contributed by atoms with E-state index in [1.54, 1.807) is 0 Å². The highest BCUT2D eigenvalue weighted by Crippen LogP contribution is 2.35. The third-order valence-electron chi connectivity index (χ3n) is 4.05. The lowest BCUT2D eigenvalue weighted by Crippen LogP contribution is -2.34. The average Bonchev–Trinajstić information content (AvgIpc) is 3.05. The molecule has 20 heavy (non-hydrogen) atoms. The monoisotopic (exact) mass is 275 g/mol. The van der Waals surface area contributed by atoms with E-state index in [9.17, 15) is 4.79 Å². The Morgan fingerprint density at radius 3 is 2.70 bits per heavy atom. The van der Waals surface area contributed by atoms with E-state index in [4.69, 9.17) is 10.3 Å². The summed E-state index contributed by atoms with van der Waals surface area (Å²) in [5.41, 5.74) is 7.27. The SMILES string of the molecule is Cc1n[nH]c(=O)c(-c2nc(C3(N)CCCC3)no2)c1C. The highest BCUT2D eigenvalue weighted by atomic mass is 16.5. The zero-order chi connectivity index (χ0) is 14.3. The molecule has 1 saturated carbocycles. The lowest BCUT2D eigenvalue weighted by Gasteiger charge is -2.17. The lowest BCUT2D eigenvalue weighted by atomic mass is 9.98. The molecule has 3 rings (SSSR count). The molecular formula is C13H17N5O2. The Kier molecular flexibility index (Phi) is 2.93. The van der Waals surface area contributed by atoms with E-state index in [1.165, 1.54) is 0 Å². The van der Waals surface area contributed by atoms with Crippen LogP contribution in [0.3, 0.4) is 0 Å². The molecule has 106 valence electrons. The van der Waals surface area contributed by atoms with Crippen molar-refractivity contribution in [3.63, 3.8) is 0 Å². The molecule has 0 atom stereocenters. The number of nitrogens with zero attached hydrogens (tertiary/aromatic N) is 3. The second-order valence-electron chi connectivity index (χ2n) is 5.42. The van der Waals surface area contributed by atoms with E-state index in [-0.39, 0.29) is 11.4 Å². The maximum absolute atomic E-state index is 11.9. The van der Waals surface area contributed by atoms with Gasteiger partial charge in [0.1, 0.15) is 5.56 Å². The Hall–Kier alpha value is -2.02. The first kappa shape index (κ1) is 13.0. The van der Waals surface area contributed by atoms with Gasteiger partial charge in [0, 0.05) is 0 Å². The fraction of sp³-hybridized carbons (Fsp3) is 0.538. The van der Waals surface area contributed by atoms with Gasteiger partial charge in [0.05, 0.1) is 11.2 Å². The van der Waals surface area contributed by atoms with Crippen molar-refractivity contribution in [1.29, 1.82) is 0 Å². The summed E-state index contributed by atoms with van der Waals surface area (Å²) in [4.78, 5) is 16.3. The second kappa shape index (κ2) is 4.52. The molecule has 3 N–H and O–H groups in total. The van der Waals surface area contributed by atoms with Crippen LogP contribution in [0.5, 0.6) is 0 Å². The van der Waals surface area contributed by atoms with Crippen molar-refractivity contribution in [1.82, 2.24) is 20.3 Å². The van der Waals surface area contributed by atoms with Gasteiger partial charge in [-0.2, -0.15) is 10.1 Å². The van der Waals surface area contributed by atoms with Crippen molar-refractivity contribution < 1.29 is 4.52 Å². The van der Waals surface area contributed by atoms with Crippen LogP contribution >= 0.6 is 0 Å². The Bertz CT molecular complexity index is 697. The van der Waals surface area contributed by atoms with E-state index in [0.29, 0.717) is 11.4 Å². The van der Waals surface area contributed by atoms with Crippen LogP contribution in [0.2, 0.25) is 0 Å². The van der Waals surface area contributed by atoms with Crippen molar-refractivity contribution in [2.45, 2.75) is 45.1 Å². The summed E-state index contributed by atoms with van der Waals surface area (Å²) >= 11 is 0. The highest BCUT2D eigenvalue weighted by Gasteiger charge is 2.36. The number of hydrogen-bond acceptors (Lipinski definition) is 6. The zero-order valence-corrected chi connectivity index (χ0v) is 11.6. The van der Waals surface area contributed by atoms with Crippen molar-refractivity contribution in [2.75, 3.05) is 0 Å². The predicted octanol–water partition coefficient (Wildman–Crippen LogP) is 1.16. The van der Waals surface area contributed by atoms with Crippen molar-refractivity contribution in [3.8, 4) is 11.5 Å². The normalized spacial score (nSPS) is 17.6. The number of hydrogen-bond donors (Lipinski definition) is 2. The van der Waals surface area contributed by atoms with Gasteiger partial charge in [0.2, 0.25) is 0 Å². The van der Waals surface area contributed by atoms with Gasteiger partial charge in [-0.1, -0.05) is 18.0 Å². The summed E-state index contributed by atoms with van der Waals surface area (Å²) < 4.78 is 5.26. The smallest absolute Gasteiger partial charge is 0.277 e. The van der Waals surface area contributed by atoms with E-state index < -0.39 is 5.54 Å². The minimum atomic E-state index is -0.523. The molecule has 0 amide bonds. The van der Waals surface area contributed by atoms with Crippen LogP contribution in [0.15, 0.2) is 9.32 Å². The van der Waals surface area contributed by atoms with Gasteiger partial charge in [0.15, 0.2) is 5.82 Å². The first-order valence-electron chi connectivity index (χ1n) is 6.70. The number of rotatable bonds is 2. The second-order valence-corrected chi connectivity index (χ2v) is 5.42. The lowest BCUT2D eigenvalue weighted by molar-refractivity contribution is 0.372. The summed E-state index contributed by atoms with van der Waals surface area (Å²) in [7, 11) is 0. The van der Waals surface area contributed by atoms with E-state index in [2.05, 4.69) is 20.3 Å². The van der Waals surface area contributed by atoms with Crippen molar-refractivity contribution >= 4 is 0 Å². The maximum atomic E-state index is 11.9. The van der Waals surface area contributed by atoms with Gasteiger partial charge < -0.3 is 10.3 Å². The van der Waals surface area contributed by atoms with E-state index in [1.807, 2.05) is 13.8 Å². The van der Waals surface area contributed by atoms with Gasteiger partial charge in [-0.05, 0) is 32.3 Å². The van der Waals surface area contributed by atoms with Gasteiger partial charge in [0.25, 0.3) is 11.4 Å². The summed E-state index contributed by atoms with van der Waals surface area (Å²) in [5.74, 6) is 0.694. The molecule has 0 unspecified atom stereocenters.